The van der Waals surface area contributed by atoms with Gasteiger partial charge in [0, 0.05) is 34.1 Å². The number of benzene rings is 10. The zero-order chi connectivity index (χ0) is 37.3. The molecule has 2 heteroatoms. The first-order valence-corrected chi connectivity index (χ1v) is 19.2. The Morgan fingerprint density at radius 2 is 0.518 bits per heavy atom. The summed E-state index contributed by atoms with van der Waals surface area (Å²) in [5.74, 6) is 0. The van der Waals surface area contributed by atoms with Crippen molar-refractivity contribution in [1.82, 2.24) is 0 Å². The van der Waals surface area contributed by atoms with Gasteiger partial charge in [0.25, 0.3) is 0 Å². The molecule has 56 heavy (non-hydrogen) atoms. The molecule has 0 saturated heterocycles. The molecule has 0 N–H and O–H groups in total. The summed E-state index contributed by atoms with van der Waals surface area (Å²) in [6.45, 7) is 0. The molecule has 0 fully saturated rings. The van der Waals surface area contributed by atoms with E-state index in [1.54, 1.807) is 0 Å². The van der Waals surface area contributed by atoms with Crippen LogP contribution in [0.2, 0.25) is 0 Å². The van der Waals surface area contributed by atoms with Gasteiger partial charge in [0.05, 0.1) is 0 Å². The number of hydrogen-bond acceptors (Lipinski definition) is 2. The van der Waals surface area contributed by atoms with Gasteiger partial charge in [-0.2, -0.15) is 0 Å². The highest BCUT2D eigenvalue weighted by Crippen LogP contribution is 2.45. The van der Waals surface area contributed by atoms with E-state index >= 15 is 0 Å². The highest BCUT2D eigenvalue weighted by molar-refractivity contribution is 6.21. The molecule has 264 valence electrons. The lowest BCUT2D eigenvalue weighted by molar-refractivity contribution is 1.26. The molecule has 0 spiro atoms. The summed E-state index contributed by atoms with van der Waals surface area (Å²) in [6, 6.07) is 82.9. The van der Waals surface area contributed by atoms with Gasteiger partial charge >= 0.3 is 0 Å². The van der Waals surface area contributed by atoms with Crippen molar-refractivity contribution in [3.8, 4) is 22.3 Å². The topological polar surface area (TPSA) is 6.48 Å². The van der Waals surface area contributed by atoms with Crippen molar-refractivity contribution in [2.75, 3.05) is 9.80 Å². The van der Waals surface area contributed by atoms with Crippen molar-refractivity contribution in [1.29, 1.82) is 0 Å². The number of fused-ring (bicyclic) bond motifs is 3. The molecule has 0 aromatic heterocycles. The Balaban J connectivity index is 1.07. The number of para-hydroxylation sites is 3. The lowest BCUT2D eigenvalue weighted by atomic mass is 9.85. The highest BCUT2D eigenvalue weighted by atomic mass is 15.2. The third-order valence-electron chi connectivity index (χ3n) is 10.8. The second kappa shape index (κ2) is 14.4. The molecule has 0 unspecified atom stereocenters. The second-order valence-electron chi connectivity index (χ2n) is 14.1. The SMILES string of the molecule is c1ccc(N(c2ccccc2)c2ccc(N(c3ccccc3)c3ccc(-c4c5ccccc5c(-c5ccc6ccccc6c5)c5ccccc45)cc3)cc2)cc1. The van der Waals surface area contributed by atoms with Crippen LogP contribution in [-0.4, -0.2) is 0 Å². The quantitative estimate of drug-likeness (QED) is 0.145. The minimum Gasteiger partial charge on any atom is -0.311 e. The van der Waals surface area contributed by atoms with Gasteiger partial charge in [-0.05, 0) is 133 Å². The maximum Gasteiger partial charge on any atom is 0.0463 e. The van der Waals surface area contributed by atoms with E-state index < -0.39 is 0 Å². The molecule has 2 nitrogen and oxygen atoms in total. The number of nitrogens with zero attached hydrogens (tertiary/aromatic N) is 2. The molecule has 0 saturated carbocycles. The van der Waals surface area contributed by atoms with E-state index in [-0.39, 0.29) is 0 Å². The molecule has 0 radical (unpaired) electrons. The predicted octanol–water partition coefficient (Wildman–Crippen LogP) is 15.4. The molecular weight excluding hydrogens is 677 g/mol. The Kier molecular flexibility index (Phi) is 8.55. The molecule has 10 aromatic rings. The minimum absolute atomic E-state index is 1.09. The van der Waals surface area contributed by atoms with Crippen LogP contribution < -0.4 is 9.80 Å². The van der Waals surface area contributed by atoms with Crippen LogP contribution in [0.15, 0.2) is 231 Å². The summed E-state index contributed by atoms with van der Waals surface area (Å²) in [4.78, 5) is 4.63. The molecule has 10 aromatic carbocycles. The Labute approximate surface area is 327 Å². The molecule has 0 bridgehead atoms. The monoisotopic (exact) mass is 714 g/mol. The van der Waals surface area contributed by atoms with E-state index in [2.05, 4.69) is 240 Å². The lowest BCUT2D eigenvalue weighted by Crippen LogP contribution is -2.12. The summed E-state index contributed by atoms with van der Waals surface area (Å²) >= 11 is 0. The fraction of sp³-hybridized carbons (Fsp3) is 0. The first-order chi connectivity index (χ1) is 27.8. The molecule has 0 aliphatic rings. The van der Waals surface area contributed by atoms with Crippen LogP contribution in [0.3, 0.4) is 0 Å². The summed E-state index contributed by atoms with van der Waals surface area (Å²) in [5.41, 5.74) is 11.6. The Morgan fingerprint density at radius 3 is 0.946 bits per heavy atom. The number of rotatable bonds is 8. The van der Waals surface area contributed by atoms with Gasteiger partial charge in [0.1, 0.15) is 0 Å². The van der Waals surface area contributed by atoms with Gasteiger partial charge in [-0.3, -0.25) is 0 Å². The van der Waals surface area contributed by atoms with E-state index in [1.807, 2.05) is 0 Å². The van der Waals surface area contributed by atoms with Crippen LogP contribution >= 0.6 is 0 Å². The number of anilines is 6. The lowest BCUT2D eigenvalue weighted by Gasteiger charge is -2.28. The van der Waals surface area contributed by atoms with E-state index in [4.69, 9.17) is 0 Å². The van der Waals surface area contributed by atoms with Crippen LogP contribution in [0, 0.1) is 0 Å². The molecule has 10 rings (SSSR count). The van der Waals surface area contributed by atoms with Crippen LogP contribution in [0.25, 0.3) is 54.6 Å². The first kappa shape index (κ1) is 33.2. The van der Waals surface area contributed by atoms with Crippen LogP contribution in [0.1, 0.15) is 0 Å². The average Bonchev–Trinajstić information content (AvgIpc) is 3.27. The van der Waals surface area contributed by atoms with Gasteiger partial charge < -0.3 is 9.80 Å². The summed E-state index contributed by atoms with van der Waals surface area (Å²) in [6.07, 6.45) is 0. The van der Waals surface area contributed by atoms with Gasteiger partial charge in [-0.25, -0.2) is 0 Å². The maximum atomic E-state index is 2.34. The fourth-order valence-corrected chi connectivity index (χ4v) is 8.25. The zero-order valence-corrected chi connectivity index (χ0v) is 30.8. The van der Waals surface area contributed by atoms with Crippen molar-refractivity contribution < 1.29 is 0 Å². The van der Waals surface area contributed by atoms with Gasteiger partial charge in [-0.15, -0.1) is 0 Å². The van der Waals surface area contributed by atoms with Crippen LogP contribution in [-0.2, 0) is 0 Å². The Bertz CT molecular complexity index is 2840. The standard InChI is InChI=1S/C54H38N2/c1-4-18-43(19-5-1)55(44-20-6-2-7-21-44)47-34-36-48(37-35-47)56(45-22-8-3-9-23-45)46-32-30-40(31-33-46)53-49-24-12-14-26-51(49)54(52-27-15-13-25-50(52)53)42-29-28-39-16-10-11-17-41(39)38-42/h1-38H. The Hall–Kier alpha value is -7.42. The predicted molar refractivity (Wildman–Crippen MR) is 239 cm³/mol. The first-order valence-electron chi connectivity index (χ1n) is 19.2. The van der Waals surface area contributed by atoms with E-state index in [0.717, 1.165) is 34.1 Å². The summed E-state index contributed by atoms with van der Waals surface area (Å²) in [5, 5.41) is 7.51. The van der Waals surface area contributed by atoms with Gasteiger partial charge in [-0.1, -0.05) is 152 Å². The van der Waals surface area contributed by atoms with Crippen molar-refractivity contribution in [3.63, 3.8) is 0 Å². The highest BCUT2D eigenvalue weighted by Gasteiger charge is 2.19. The summed E-state index contributed by atoms with van der Waals surface area (Å²) < 4.78 is 0. The molecular formula is C54H38N2. The fourth-order valence-electron chi connectivity index (χ4n) is 8.25. The van der Waals surface area contributed by atoms with Gasteiger partial charge in [0.2, 0.25) is 0 Å². The van der Waals surface area contributed by atoms with Gasteiger partial charge in [0.15, 0.2) is 0 Å². The van der Waals surface area contributed by atoms with E-state index in [1.165, 1.54) is 54.6 Å². The molecule has 0 atom stereocenters. The van der Waals surface area contributed by atoms with E-state index in [0.29, 0.717) is 0 Å². The molecule has 0 heterocycles. The smallest absolute Gasteiger partial charge is 0.0463 e. The summed E-state index contributed by atoms with van der Waals surface area (Å²) in [7, 11) is 0. The normalized spacial score (nSPS) is 11.2. The third kappa shape index (κ3) is 6.04. The van der Waals surface area contributed by atoms with Crippen molar-refractivity contribution in [2.45, 2.75) is 0 Å². The Morgan fingerprint density at radius 1 is 0.214 bits per heavy atom. The second-order valence-corrected chi connectivity index (χ2v) is 14.1. The molecule has 0 aliphatic carbocycles. The largest absolute Gasteiger partial charge is 0.311 e. The van der Waals surface area contributed by atoms with Crippen LogP contribution in [0.5, 0.6) is 0 Å². The molecule has 0 aliphatic heterocycles. The van der Waals surface area contributed by atoms with Crippen molar-refractivity contribution in [3.05, 3.63) is 231 Å². The molecule has 0 amide bonds. The number of hydrogen-bond donors (Lipinski definition) is 0. The maximum absolute atomic E-state index is 2.34. The van der Waals surface area contributed by atoms with Crippen molar-refractivity contribution in [2.24, 2.45) is 0 Å². The minimum atomic E-state index is 1.09. The van der Waals surface area contributed by atoms with E-state index in [9.17, 15) is 0 Å². The third-order valence-corrected chi connectivity index (χ3v) is 10.8. The zero-order valence-electron chi connectivity index (χ0n) is 30.8. The average molecular weight is 715 g/mol. The van der Waals surface area contributed by atoms with Crippen molar-refractivity contribution >= 4 is 66.4 Å². The van der Waals surface area contributed by atoms with Crippen LogP contribution in [0.4, 0.5) is 34.1 Å².